The van der Waals surface area contributed by atoms with Crippen LogP contribution < -0.4 is 10.6 Å². The highest BCUT2D eigenvalue weighted by Crippen LogP contribution is 2.10. The second-order valence-corrected chi connectivity index (χ2v) is 5.22. The van der Waals surface area contributed by atoms with E-state index in [1.165, 1.54) is 4.88 Å². The first-order valence-corrected chi connectivity index (χ1v) is 7.41. The third kappa shape index (κ3) is 5.96. The average molecular weight is 417 g/mol. The minimum Gasteiger partial charge on any atom is -0.356 e. The molecule has 2 aromatic rings. The van der Waals surface area contributed by atoms with Crippen LogP contribution in [0, 0.1) is 6.92 Å². The zero-order valence-electron chi connectivity index (χ0n) is 12.2. The van der Waals surface area contributed by atoms with Crippen molar-refractivity contribution in [3.05, 3.63) is 46.2 Å². The van der Waals surface area contributed by atoms with Crippen molar-refractivity contribution in [2.45, 2.75) is 19.9 Å². The molecule has 0 radical (unpaired) electrons. The van der Waals surface area contributed by atoms with Gasteiger partial charge in [-0.05, 0) is 19.1 Å². The number of aryl methyl sites for hydroxylation is 1. The van der Waals surface area contributed by atoms with Gasteiger partial charge >= 0.3 is 0 Å². The van der Waals surface area contributed by atoms with Crippen molar-refractivity contribution in [1.82, 2.24) is 20.6 Å². The SMILES string of the molecule is CN=C(NCCc1ccccn1)NCc1scnc1C.I. The van der Waals surface area contributed by atoms with Crippen LogP contribution in [0.3, 0.4) is 0 Å². The highest BCUT2D eigenvalue weighted by atomic mass is 127. The maximum atomic E-state index is 4.29. The van der Waals surface area contributed by atoms with Gasteiger partial charge in [0, 0.05) is 36.8 Å². The van der Waals surface area contributed by atoms with Crippen molar-refractivity contribution in [3.63, 3.8) is 0 Å². The van der Waals surface area contributed by atoms with E-state index in [0.717, 1.165) is 36.9 Å². The van der Waals surface area contributed by atoms with E-state index in [0.29, 0.717) is 0 Å². The van der Waals surface area contributed by atoms with Crippen molar-refractivity contribution in [2.75, 3.05) is 13.6 Å². The van der Waals surface area contributed by atoms with Gasteiger partial charge in [-0.3, -0.25) is 9.98 Å². The van der Waals surface area contributed by atoms with E-state index in [-0.39, 0.29) is 24.0 Å². The number of pyridine rings is 1. The first kappa shape index (κ1) is 17.8. The summed E-state index contributed by atoms with van der Waals surface area (Å²) in [5, 5.41) is 6.57. The molecule has 7 heteroatoms. The van der Waals surface area contributed by atoms with Crippen molar-refractivity contribution < 1.29 is 0 Å². The van der Waals surface area contributed by atoms with E-state index >= 15 is 0 Å². The Bertz CT molecular complexity index is 556. The Labute approximate surface area is 146 Å². The van der Waals surface area contributed by atoms with Crippen molar-refractivity contribution >= 4 is 41.3 Å². The summed E-state index contributed by atoms with van der Waals surface area (Å²) in [6.07, 6.45) is 2.69. The van der Waals surface area contributed by atoms with Crippen LogP contribution in [-0.4, -0.2) is 29.5 Å². The molecule has 21 heavy (non-hydrogen) atoms. The molecule has 0 fully saturated rings. The van der Waals surface area contributed by atoms with Gasteiger partial charge in [-0.1, -0.05) is 6.07 Å². The summed E-state index contributed by atoms with van der Waals surface area (Å²) >= 11 is 1.66. The van der Waals surface area contributed by atoms with Crippen LogP contribution >= 0.6 is 35.3 Å². The van der Waals surface area contributed by atoms with Crippen molar-refractivity contribution in [1.29, 1.82) is 0 Å². The van der Waals surface area contributed by atoms with E-state index in [1.54, 1.807) is 18.4 Å². The van der Waals surface area contributed by atoms with Crippen LogP contribution in [-0.2, 0) is 13.0 Å². The largest absolute Gasteiger partial charge is 0.356 e. The van der Waals surface area contributed by atoms with Gasteiger partial charge in [0.25, 0.3) is 0 Å². The molecular formula is C14H20IN5S. The second kappa shape index (κ2) is 9.67. The molecule has 2 heterocycles. The Morgan fingerprint density at radius 2 is 2.14 bits per heavy atom. The van der Waals surface area contributed by atoms with Crippen LogP contribution in [0.5, 0.6) is 0 Å². The lowest BCUT2D eigenvalue weighted by Crippen LogP contribution is -2.37. The van der Waals surface area contributed by atoms with Crippen LogP contribution in [0.1, 0.15) is 16.3 Å². The number of hydrogen-bond acceptors (Lipinski definition) is 4. The number of thiazole rings is 1. The number of aliphatic imine (C=N–C) groups is 1. The molecule has 114 valence electrons. The van der Waals surface area contributed by atoms with Gasteiger partial charge in [0.05, 0.1) is 17.7 Å². The Balaban J connectivity index is 0.00000220. The molecule has 0 unspecified atom stereocenters. The molecule has 0 bridgehead atoms. The average Bonchev–Trinajstić information content (AvgIpc) is 2.89. The maximum absolute atomic E-state index is 4.29. The summed E-state index contributed by atoms with van der Waals surface area (Å²) in [6, 6.07) is 5.95. The van der Waals surface area contributed by atoms with Crippen LogP contribution in [0.15, 0.2) is 34.9 Å². The van der Waals surface area contributed by atoms with Gasteiger partial charge in [0.2, 0.25) is 0 Å². The molecule has 2 rings (SSSR count). The molecule has 2 N–H and O–H groups in total. The maximum Gasteiger partial charge on any atom is 0.191 e. The van der Waals surface area contributed by atoms with Crippen molar-refractivity contribution in [2.24, 2.45) is 4.99 Å². The smallest absolute Gasteiger partial charge is 0.191 e. The molecule has 5 nitrogen and oxygen atoms in total. The zero-order chi connectivity index (χ0) is 14.2. The first-order chi connectivity index (χ1) is 9.79. The molecule has 0 saturated carbocycles. The standard InChI is InChI=1S/C14H19N5S.HI/c1-11-13(20-10-19-11)9-18-14(15-2)17-8-6-12-5-3-4-7-16-12;/h3-5,7,10H,6,8-9H2,1-2H3,(H2,15,17,18);1H. The molecule has 0 spiro atoms. The minimum atomic E-state index is 0. The Hall–Kier alpha value is -1.22. The molecule has 0 aliphatic rings. The normalized spacial score (nSPS) is 10.9. The number of halogens is 1. The predicted molar refractivity (Wildman–Crippen MR) is 98.4 cm³/mol. The lowest BCUT2D eigenvalue weighted by Gasteiger charge is -2.11. The van der Waals surface area contributed by atoms with Crippen LogP contribution in [0.2, 0.25) is 0 Å². The lowest BCUT2D eigenvalue weighted by molar-refractivity contribution is 0.786. The number of nitrogens with zero attached hydrogens (tertiary/aromatic N) is 3. The van der Waals surface area contributed by atoms with Gasteiger partial charge in [-0.2, -0.15) is 0 Å². The predicted octanol–water partition coefficient (Wildman–Crippen LogP) is 2.37. The van der Waals surface area contributed by atoms with Crippen molar-refractivity contribution in [3.8, 4) is 0 Å². The van der Waals surface area contributed by atoms with Gasteiger partial charge in [-0.15, -0.1) is 35.3 Å². The zero-order valence-corrected chi connectivity index (χ0v) is 15.3. The molecule has 0 saturated heterocycles. The first-order valence-electron chi connectivity index (χ1n) is 6.53. The fourth-order valence-corrected chi connectivity index (χ4v) is 2.45. The monoisotopic (exact) mass is 417 g/mol. The third-order valence-corrected chi connectivity index (χ3v) is 3.82. The minimum absolute atomic E-state index is 0. The quantitative estimate of drug-likeness (QED) is 0.446. The third-order valence-electron chi connectivity index (χ3n) is 2.88. The topological polar surface area (TPSA) is 62.2 Å². The van der Waals surface area contributed by atoms with E-state index in [4.69, 9.17) is 0 Å². The van der Waals surface area contributed by atoms with Crippen LogP contribution in [0.25, 0.3) is 0 Å². The molecule has 0 aromatic carbocycles. The summed E-state index contributed by atoms with van der Waals surface area (Å²) in [4.78, 5) is 14.0. The molecular weight excluding hydrogens is 397 g/mol. The Morgan fingerprint density at radius 1 is 1.29 bits per heavy atom. The number of guanidine groups is 1. The fraction of sp³-hybridized carbons (Fsp3) is 0.357. The van der Waals surface area contributed by atoms with Gasteiger partial charge < -0.3 is 10.6 Å². The van der Waals surface area contributed by atoms with E-state index in [1.807, 2.05) is 36.8 Å². The molecule has 0 aliphatic heterocycles. The summed E-state index contributed by atoms with van der Waals surface area (Å²) < 4.78 is 0. The number of nitrogens with one attached hydrogen (secondary N) is 2. The summed E-state index contributed by atoms with van der Waals surface area (Å²) in [7, 11) is 1.77. The highest BCUT2D eigenvalue weighted by molar-refractivity contribution is 14.0. The van der Waals surface area contributed by atoms with Gasteiger partial charge in [-0.25, -0.2) is 4.98 Å². The molecule has 0 amide bonds. The summed E-state index contributed by atoms with van der Waals surface area (Å²) in [6.45, 7) is 3.57. The lowest BCUT2D eigenvalue weighted by atomic mass is 10.3. The number of rotatable bonds is 5. The Morgan fingerprint density at radius 3 is 2.76 bits per heavy atom. The van der Waals surface area contributed by atoms with Gasteiger partial charge in [0.15, 0.2) is 5.96 Å². The summed E-state index contributed by atoms with van der Waals surface area (Å²) in [5.41, 5.74) is 4.02. The van der Waals surface area contributed by atoms with Gasteiger partial charge in [0.1, 0.15) is 0 Å². The molecule has 2 aromatic heterocycles. The fourth-order valence-electron chi connectivity index (χ4n) is 1.74. The van der Waals surface area contributed by atoms with E-state index in [9.17, 15) is 0 Å². The number of aromatic nitrogens is 2. The summed E-state index contributed by atoms with van der Waals surface area (Å²) in [5.74, 6) is 0.800. The Kier molecular flexibility index (Phi) is 8.21. The second-order valence-electron chi connectivity index (χ2n) is 4.28. The van der Waals surface area contributed by atoms with Crippen LogP contribution in [0.4, 0.5) is 0 Å². The molecule has 0 atom stereocenters. The van der Waals surface area contributed by atoms with E-state index in [2.05, 4.69) is 25.6 Å². The van der Waals surface area contributed by atoms with E-state index < -0.39 is 0 Å². The molecule has 0 aliphatic carbocycles. The highest BCUT2D eigenvalue weighted by Gasteiger charge is 2.03. The number of hydrogen-bond donors (Lipinski definition) is 2.